The molecule has 3 aromatic rings. The molecule has 2 aromatic carbocycles. The van der Waals surface area contributed by atoms with Crippen molar-refractivity contribution in [1.29, 1.82) is 0 Å². The first-order chi connectivity index (χ1) is 11.5. The summed E-state index contributed by atoms with van der Waals surface area (Å²) in [4.78, 5) is 16.2. The summed E-state index contributed by atoms with van der Waals surface area (Å²) in [6.07, 6.45) is 0. The number of thiazole rings is 1. The largest absolute Gasteiger partial charge is 0.497 e. The van der Waals surface area contributed by atoms with Crippen molar-refractivity contribution in [2.45, 2.75) is 0 Å². The highest BCUT2D eigenvalue weighted by Gasteiger charge is 2.11. The van der Waals surface area contributed by atoms with Gasteiger partial charge in [0.05, 0.1) is 17.3 Å². The average Bonchev–Trinajstić information content (AvgIpc) is 2.95. The Kier molecular flexibility index (Phi) is 4.96. The van der Waals surface area contributed by atoms with Crippen LogP contribution in [0, 0.1) is 5.82 Å². The lowest BCUT2D eigenvalue weighted by Gasteiger charge is -2.06. The standard InChI is InChI=1S/C16H12BrFN2O3S/c1-22-10-3-4-12-14(7-10)24-16(19-12)20-15(21)8-23-13-5-2-9(17)6-11(13)18/h2-7H,8H2,1H3,(H,19,20,21). The molecule has 24 heavy (non-hydrogen) atoms. The monoisotopic (exact) mass is 410 g/mol. The maximum Gasteiger partial charge on any atom is 0.264 e. The Morgan fingerprint density at radius 3 is 2.92 bits per heavy atom. The lowest BCUT2D eigenvalue weighted by molar-refractivity contribution is -0.118. The molecule has 0 bridgehead atoms. The zero-order valence-corrected chi connectivity index (χ0v) is 14.9. The predicted octanol–water partition coefficient (Wildman–Crippen LogP) is 4.22. The lowest BCUT2D eigenvalue weighted by Crippen LogP contribution is -2.20. The fraction of sp³-hybridized carbons (Fsp3) is 0.125. The minimum absolute atomic E-state index is 0.0161. The quantitative estimate of drug-likeness (QED) is 0.683. The summed E-state index contributed by atoms with van der Waals surface area (Å²) >= 11 is 4.48. The Labute approximate surface area is 149 Å². The van der Waals surface area contributed by atoms with Crippen molar-refractivity contribution >= 4 is 48.5 Å². The van der Waals surface area contributed by atoms with Gasteiger partial charge in [0.1, 0.15) is 5.75 Å². The van der Waals surface area contributed by atoms with Crippen LogP contribution in [0.1, 0.15) is 0 Å². The maximum absolute atomic E-state index is 13.6. The molecule has 1 amide bonds. The third-order valence-electron chi connectivity index (χ3n) is 3.09. The molecule has 0 saturated carbocycles. The second kappa shape index (κ2) is 7.14. The lowest BCUT2D eigenvalue weighted by atomic mass is 10.3. The molecule has 0 aliphatic carbocycles. The van der Waals surface area contributed by atoms with Crippen LogP contribution in [0.15, 0.2) is 40.9 Å². The van der Waals surface area contributed by atoms with Gasteiger partial charge in [0.25, 0.3) is 5.91 Å². The molecule has 1 aromatic heterocycles. The predicted molar refractivity (Wildman–Crippen MR) is 94.4 cm³/mol. The van der Waals surface area contributed by atoms with Crippen LogP contribution >= 0.6 is 27.3 Å². The molecule has 1 N–H and O–H groups in total. The van der Waals surface area contributed by atoms with Crippen molar-refractivity contribution in [1.82, 2.24) is 4.98 Å². The fourth-order valence-corrected chi connectivity index (χ4v) is 3.22. The normalized spacial score (nSPS) is 10.6. The van der Waals surface area contributed by atoms with Crippen molar-refractivity contribution in [2.75, 3.05) is 19.0 Å². The number of carbonyl (C=O) groups excluding carboxylic acids is 1. The van der Waals surface area contributed by atoms with Gasteiger partial charge >= 0.3 is 0 Å². The van der Waals surface area contributed by atoms with E-state index in [2.05, 4.69) is 26.2 Å². The Balaban J connectivity index is 1.64. The van der Waals surface area contributed by atoms with Crippen molar-refractivity contribution in [3.63, 3.8) is 0 Å². The maximum atomic E-state index is 13.6. The zero-order valence-electron chi connectivity index (χ0n) is 12.5. The van der Waals surface area contributed by atoms with E-state index in [-0.39, 0.29) is 12.4 Å². The van der Waals surface area contributed by atoms with Crippen LogP contribution in [0.5, 0.6) is 11.5 Å². The topological polar surface area (TPSA) is 60.5 Å². The van der Waals surface area contributed by atoms with Crippen LogP contribution in [0.25, 0.3) is 10.2 Å². The van der Waals surface area contributed by atoms with Crippen molar-refractivity contribution in [2.24, 2.45) is 0 Å². The van der Waals surface area contributed by atoms with Gasteiger partial charge in [-0.25, -0.2) is 9.37 Å². The fourth-order valence-electron chi connectivity index (χ4n) is 1.98. The van der Waals surface area contributed by atoms with Gasteiger partial charge in [0.2, 0.25) is 0 Å². The van der Waals surface area contributed by atoms with Crippen LogP contribution in [0.2, 0.25) is 0 Å². The first-order valence-corrected chi connectivity index (χ1v) is 8.48. The number of hydrogen-bond acceptors (Lipinski definition) is 5. The second-order valence-electron chi connectivity index (χ2n) is 4.76. The summed E-state index contributed by atoms with van der Waals surface area (Å²) in [7, 11) is 1.59. The van der Waals surface area contributed by atoms with Gasteiger partial charge in [0, 0.05) is 4.47 Å². The SMILES string of the molecule is COc1ccc2nc(NC(=O)COc3ccc(Br)cc3F)sc2c1. The number of anilines is 1. The summed E-state index contributed by atoms with van der Waals surface area (Å²) in [5.74, 6) is -0.215. The first-order valence-electron chi connectivity index (χ1n) is 6.87. The number of nitrogens with zero attached hydrogens (tertiary/aromatic N) is 1. The molecular weight excluding hydrogens is 399 g/mol. The first kappa shape index (κ1) is 16.7. The molecule has 0 aliphatic heterocycles. The van der Waals surface area contributed by atoms with Gasteiger partial charge in [-0.2, -0.15) is 0 Å². The van der Waals surface area contributed by atoms with E-state index in [9.17, 15) is 9.18 Å². The molecule has 0 saturated heterocycles. The Morgan fingerprint density at radius 2 is 2.17 bits per heavy atom. The van der Waals surface area contributed by atoms with Crippen LogP contribution in [-0.4, -0.2) is 24.6 Å². The van der Waals surface area contributed by atoms with Crippen LogP contribution in [-0.2, 0) is 4.79 Å². The smallest absolute Gasteiger partial charge is 0.264 e. The third kappa shape index (κ3) is 3.82. The molecule has 124 valence electrons. The molecule has 0 fully saturated rings. The highest BCUT2D eigenvalue weighted by molar-refractivity contribution is 9.10. The molecule has 0 spiro atoms. The van der Waals surface area contributed by atoms with Crippen molar-refractivity contribution in [3.8, 4) is 11.5 Å². The number of aromatic nitrogens is 1. The molecule has 0 unspecified atom stereocenters. The van der Waals surface area contributed by atoms with Gasteiger partial charge in [-0.15, -0.1) is 0 Å². The number of fused-ring (bicyclic) bond motifs is 1. The molecule has 1 heterocycles. The number of amides is 1. The Hall–Kier alpha value is -2.19. The number of hydrogen-bond donors (Lipinski definition) is 1. The number of rotatable bonds is 5. The Morgan fingerprint density at radius 1 is 1.33 bits per heavy atom. The molecular formula is C16H12BrFN2O3S. The minimum Gasteiger partial charge on any atom is -0.497 e. The van der Waals surface area contributed by atoms with E-state index in [1.165, 1.54) is 23.5 Å². The van der Waals surface area contributed by atoms with E-state index in [1.54, 1.807) is 19.2 Å². The summed E-state index contributed by atoms with van der Waals surface area (Å²) in [5.41, 5.74) is 0.760. The number of halogens is 2. The number of benzene rings is 2. The molecule has 3 rings (SSSR count). The number of carbonyl (C=O) groups is 1. The highest BCUT2D eigenvalue weighted by atomic mass is 79.9. The molecule has 0 atom stereocenters. The molecule has 0 radical (unpaired) electrons. The summed E-state index contributed by atoms with van der Waals surface area (Å²) in [5, 5.41) is 3.09. The summed E-state index contributed by atoms with van der Waals surface area (Å²) < 4.78 is 25.5. The minimum atomic E-state index is -0.538. The van der Waals surface area contributed by atoms with E-state index in [0.29, 0.717) is 9.60 Å². The van der Waals surface area contributed by atoms with E-state index in [1.807, 2.05) is 12.1 Å². The second-order valence-corrected chi connectivity index (χ2v) is 6.71. The van der Waals surface area contributed by atoms with Gasteiger partial charge in [-0.05, 0) is 36.4 Å². The van der Waals surface area contributed by atoms with Gasteiger partial charge in [-0.1, -0.05) is 27.3 Å². The van der Waals surface area contributed by atoms with E-state index < -0.39 is 11.7 Å². The van der Waals surface area contributed by atoms with Gasteiger partial charge < -0.3 is 9.47 Å². The third-order valence-corrected chi connectivity index (χ3v) is 4.52. The Bertz CT molecular complexity index is 900. The van der Waals surface area contributed by atoms with E-state index >= 15 is 0 Å². The zero-order chi connectivity index (χ0) is 17.1. The van der Waals surface area contributed by atoms with Crippen molar-refractivity contribution < 1.29 is 18.7 Å². The number of methoxy groups -OCH3 is 1. The van der Waals surface area contributed by atoms with Crippen LogP contribution in [0.3, 0.4) is 0 Å². The van der Waals surface area contributed by atoms with E-state index in [0.717, 1.165) is 16.0 Å². The molecule has 0 aliphatic rings. The molecule has 5 nitrogen and oxygen atoms in total. The van der Waals surface area contributed by atoms with Gasteiger partial charge in [-0.3, -0.25) is 10.1 Å². The van der Waals surface area contributed by atoms with E-state index in [4.69, 9.17) is 9.47 Å². The highest BCUT2D eigenvalue weighted by Crippen LogP contribution is 2.29. The molecule has 8 heteroatoms. The summed E-state index contributed by atoms with van der Waals surface area (Å²) in [6.45, 7) is -0.308. The average molecular weight is 411 g/mol. The summed E-state index contributed by atoms with van der Waals surface area (Å²) in [6, 6.07) is 9.82. The van der Waals surface area contributed by atoms with Crippen LogP contribution < -0.4 is 14.8 Å². The van der Waals surface area contributed by atoms with Gasteiger partial charge in [0.15, 0.2) is 23.3 Å². The van der Waals surface area contributed by atoms with Crippen LogP contribution in [0.4, 0.5) is 9.52 Å². The van der Waals surface area contributed by atoms with Crippen molar-refractivity contribution in [3.05, 3.63) is 46.7 Å². The number of ether oxygens (including phenoxy) is 2. The number of nitrogens with one attached hydrogen (secondary N) is 1.